The number of benzene rings is 2. The lowest BCUT2D eigenvalue weighted by molar-refractivity contribution is 0.473. The van der Waals surface area contributed by atoms with Crippen LogP contribution in [0.4, 0.5) is 0 Å². The second kappa shape index (κ2) is 5.29. The molecule has 0 atom stereocenters. The van der Waals surface area contributed by atoms with E-state index in [-0.39, 0.29) is 11.2 Å². The maximum atomic E-state index is 12.8. The molecule has 21 heavy (non-hydrogen) atoms. The van der Waals surface area contributed by atoms with Crippen LogP contribution in [0.3, 0.4) is 0 Å². The zero-order valence-corrected chi connectivity index (χ0v) is 11.4. The summed E-state index contributed by atoms with van der Waals surface area (Å²) in [5.74, 6) is 0.0787. The van der Waals surface area contributed by atoms with Gasteiger partial charge < -0.3 is 9.52 Å². The highest BCUT2D eigenvalue weighted by Crippen LogP contribution is 2.26. The van der Waals surface area contributed by atoms with Crippen LogP contribution in [0.25, 0.3) is 22.1 Å². The van der Waals surface area contributed by atoms with E-state index >= 15 is 0 Å². The summed E-state index contributed by atoms with van der Waals surface area (Å²) >= 11 is 0. The van der Waals surface area contributed by atoms with Gasteiger partial charge in [0.25, 0.3) is 0 Å². The number of aromatic hydroxyl groups is 1. The Morgan fingerprint density at radius 1 is 1.19 bits per heavy atom. The summed E-state index contributed by atoms with van der Waals surface area (Å²) in [6.07, 6.45) is 3.63. The summed E-state index contributed by atoms with van der Waals surface area (Å²) in [5.41, 5.74) is 2.33. The molecular weight excluding hydrogens is 264 g/mol. The van der Waals surface area contributed by atoms with Crippen molar-refractivity contribution in [1.29, 1.82) is 0 Å². The zero-order chi connectivity index (χ0) is 14.8. The number of allylic oxidation sites excluding steroid dienone is 1. The number of phenolic OH excluding ortho intramolecular Hbond substituents is 1. The van der Waals surface area contributed by atoms with E-state index in [4.69, 9.17) is 4.42 Å². The second-order valence-electron chi connectivity index (χ2n) is 4.82. The Balaban J connectivity index is 2.34. The van der Waals surface area contributed by atoms with E-state index in [0.717, 1.165) is 5.56 Å². The van der Waals surface area contributed by atoms with Crippen molar-refractivity contribution in [2.75, 3.05) is 0 Å². The number of fused-ring (bicyclic) bond motifs is 1. The van der Waals surface area contributed by atoms with Crippen molar-refractivity contribution < 1.29 is 9.52 Å². The predicted octanol–water partition coefficient (Wildman–Crippen LogP) is 3.89. The third kappa shape index (κ3) is 2.34. The van der Waals surface area contributed by atoms with E-state index in [1.807, 2.05) is 30.3 Å². The lowest BCUT2D eigenvalue weighted by Crippen LogP contribution is -2.07. The molecule has 0 aliphatic carbocycles. The fourth-order valence-electron chi connectivity index (χ4n) is 2.45. The van der Waals surface area contributed by atoms with Gasteiger partial charge in [-0.05, 0) is 23.6 Å². The van der Waals surface area contributed by atoms with Crippen LogP contribution in [-0.4, -0.2) is 5.11 Å². The first kappa shape index (κ1) is 13.2. The number of rotatable bonds is 3. The second-order valence-corrected chi connectivity index (χ2v) is 4.82. The van der Waals surface area contributed by atoms with E-state index in [1.54, 1.807) is 12.1 Å². The van der Waals surface area contributed by atoms with Crippen LogP contribution in [0.1, 0.15) is 5.56 Å². The van der Waals surface area contributed by atoms with Gasteiger partial charge in [-0.1, -0.05) is 36.4 Å². The maximum absolute atomic E-state index is 12.8. The Kier molecular flexibility index (Phi) is 3.32. The monoisotopic (exact) mass is 278 g/mol. The minimum atomic E-state index is -0.0979. The van der Waals surface area contributed by atoms with Crippen molar-refractivity contribution in [3.05, 3.63) is 77.2 Å². The summed E-state index contributed by atoms with van der Waals surface area (Å²) in [4.78, 5) is 12.8. The van der Waals surface area contributed by atoms with Crippen molar-refractivity contribution in [2.45, 2.75) is 6.42 Å². The van der Waals surface area contributed by atoms with Crippen LogP contribution in [-0.2, 0) is 6.42 Å². The quantitative estimate of drug-likeness (QED) is 0.739. The van der Waals surface area contributed by atoms with E-state index in [0.29, 0.717) is 28.5 Å². The van der Waals surface area contributed by atoms with Gasteiger partial charge in [0.1, 0.15) is 17.6 Å². The summed E-state index contributed by atoms with van der Waals surface area (Å²) in [6.45, 7) is 3.69. The van der Waals surface area contributed by atoms with Crippen LogP contribution in [0.15, 0.2) is 70.6 Å². The van der Waals surface area contributed by atoms with Crippen LogP contribution in [0.5, 0.6) is 5.75 Å². The Labute approximate surface area is 121 Å². The van der Waals surface area contributed by atoms with Gasteiger partial charge in [-0.25, -0.2) is 0 Å². The van der Waals surface area contributed by atoms with E-state index in [9.17, 15) is 9.90 Å². The smallest absolute Gasteiger partial charge is 0.200 e. The van der Waals surface area contributed by atoms with Gasteiger partial charge in [-0.15, -0.1) is 6.58 Å². The first-order valence-electron chi connectivity index (χ1n) is 6.64. The van der Waals surface area contributed by atoms with Crippen molar-refractivity contribution in [3.63, 3.8) is 0 Å². The molecule has 0 unspecified atom stereocenters. The highest BCUT2D eigenvalue weighted by molar-refractivity contribution is 5.86. The number of hydrogen-bond acceptors (Lipinski definition) is 3. The van der Waals surface area contributed by atoms with Crippen LogP contribution >= 0.6 is 0 Å². The molecule has 3 heteroatoms. The minimum Gasteiger partial charge on any atom is -0.508 e. The molecule has 3 aromatic rings. The predicted molar refractivity (Wildman–Crippen MR) is 83.5 cm³/mol. The Bertz CT molecular complexity index is 861. The number of phenols is 1. The fourth-order valence-corrected chi connectivity index (χ4v) is 2.45. The molecule has 0 saturated carbocycles. The molecule has 0 amide bonds. The van der Waals surface area contributed by atoms with E-state index in [2.05, 4.69) is 6.58 Å². The summed E-state index contributed by atoms with van der Waals surface area (Å²) in [7, 11) is 0. The van der Waals surface area contributed by atoms with Crippen LogP contribution in [0, 0.1) is 0 Å². The van der Waals surface area contributed by atoms with Crippen molar-refractivity contribution in [2.24, 2.45) is 0 Å². The molecule has 2 aromatic carbocycles. The normalized spacial score (nSPS) is 10.7. The van der Waals surface area contributed by atoms with Gasteiger partial charge in [0.2, 0.25) is 5.43 Å². The van der Waals surface area contributed by atoms with Crippen molar-refractivity contribution in [1.82, 2.24) is 0 Å². The molecule has 3 nitrogen and oxygen atoms in total. The van der Waals surface area contributed by atoms with Crippen molar-refractivity contribution >= 4 is 11.0 Å². The first-order valence-corrected chi connectivity index (χ1v) is 6.64. The SMILES string of the molecule is C=CCc1cc(O)cc2occ(-c3ccccc3)c(=O)c12. The van der Waals surface area contributed by atoms with Crippen molar-refractivity contribution in [3.8, 4) is 16.9 Å². The van der Waals surface area contributed by atoms with Gasteiger partial charge in [0.05, 0.1) is 10.9 Å². The summed E-state index contributed by atoms with van der Waals surface area (Å²) in [5, 5.41) is 10.2. The molecule has 0 aliphatic rings. The van der Waals surface area contributed by atoms with Gasteiger partial charge in [0, 0.05) is 6.07 Å². The summed E-state index contributed by atoms with van der Waals surface area (Å²) < 4.78 is 5.55. The standard InChI is InChI=1S/C18H14O3/c1-2-6-13-9-14(19)10-16-17(13)18(20)15(11-21-16)12-7-4-3-5-8-12/h2-5,7-11,19H,1,6H2. The molecule has 0 saturated heterocycles. The third-order valence-electron chi connectivity index (χ3n) is 3.39. The Hall–Kier alpha value is -2.81. The third-order valence-corrected chi connectivity index (χ3v) is 3.39. The molecule has 0 spiro atoms. The molecular formula is C18H14O3. The molecule has 1 N–H and O–H groups in total. The zero-order valence-electron chi connectivity index (χ0n) is 11.4. The highest BCUT2D eigenvalue weighted by Gasteiger charge is 2.13. The highest BCUT2D eigenvalue weighted by atomic mass is 16.3. The Morgan fingerprint density at radius 2 is 1.95 bits per heavy atom. The van der Waals surface area contributed by atoms with Crippen LogP contribution < -0.4 is 5.43 Å². The van der Waals surface area contributed by atoms with Gasteiger partial charge in [-0.2, -0.15) is 0 Å². The molecule has 3 rings (SSSR count). The molecule has 0 aliphatic heterocycles. The van der Waals surface area contributed by atoms with Crippen LogP contribution in [0.2, 0.25) is 0 Å². The van der Waals surface area contributed by atoms with Gasteiger partial charge in [-0.3, -0.25) is 4.79 Å². The molecule has 1 aromatic heterocycles. The molecule has 1 heterocycles. The topological polar surface area (TPSA) is 50.4 Å². The van der Waals surface area contributed by atoms with Gasteiger partial charge in [0.15, 0.2) is 0 Å². The van der Waals surface area contributed by atoms with E-state index in [1.165, 1.54) is 12.3 Å². The maximum Gasteiger partial charge on any atom is 0.200 e. The Morgan fingerprint density at radius 3 is 2.67 bits per heavy atom. The molecule has 0 radical (unpaired) electrons. The largest absolute Gasteiger partial charge is 0.508 e. The molecule has 0 fully saturated rings. The lowest BCUT2D eigenvalue weighted by atomic mass is 10.0. The minimum absolute atomic E-state index is 0.0787. The number of hydrogen-bond donors (Lipinski definition) is 1. The lowest BCUT2D eigenvalue weighted by Gasteiger charge is -2.07. The van der Waals surface area contributed by atoms with Gasteiger partial charge >= 0.3 is 0 Å². The van der Waals surface area contributed by atoms with E-state index < -0.39 is 0 Å². The fraction of sp³-hybridized carbons (Fsp3) is 0.0556. The first-order chi connectivity index (χ1) is 10.2. The summed E-state index contributed by atoms with van der Waals surface area (Å²) in [6, 6.07) is 12.4. The molecule has 0 bridgehead atoms. The average molecular weight is 278 g/mol. The molecule has 104 valence electrons. The average Bonchev–Trinajstić information content (AvgIpc) is 2.48.